The van der Waals surface area contributed by atoms with Crippen molar-refractivity contribution in [1.29, 1.82) is 0 Å². The minimum absolute atomic E-state index is 0.0611. The molecule has 11 rings (SSSR count). The number of non-ortho nitro benzene ring substituents is 1. The lowest BCUT2D eigenvalue weighted by molar-refractivity contribution is -0.384. The SMILES string of the molecule is O=C1O[C@H](c2ccccc2)[C@H](c2ccccc2)N2[C@H]1[C@@H](C(=O)N1CCN(Cc3ccc4c(c3)OCO4)CC1)[C@]1(C(=O)N(C(=O)OCc3ccc([N+](=O)[O-])cc3)c3ccc(C#CCCO)cc31)[C@H]2c1cccc(OCCO)c1. The van der Waals surface area contributed by atoms with E-state index < -0.39 is 64.4 Å². The quantitative estimate of drug-likeness (QED) is 0.0529. The van der Waals surface area contributed by atoms with Crippen LogP contribution in [0, 0.1) is 27.9 Å². The summed E-state index contributed by atoms with van der Waals surface area (Å²) in [7, 11) is 0. The van der Waals surface area contributed by atoms with E-state index in [1.54, 1.807) is 47.4 Å². The molecule has 3 amide bonds. The van der Waals surface area contributed by atoms with E-state index in [0.717, 1.165) is 10.5 Å². The van der Waals surface area contributed by atoms with Crippen LogP contribution in [-0.2, 0) is 42.4 Å². The topological polar surface area (TPSA) is 211 Å². The third-order valence-electron chi connectivity index (χ3n) is 14.9. The van der Waals surface area contributed by atoms with Gasteiger partial charge in [0.2, 0.25) is 18.6 Å². The number of morpholine rings is 1. The predicted molar refractivity (Wildman–Crippen MR) is 277 cm³/mol. The summed E-state index contributed by atoms with van der Waals surface area (Å²) in [6.45, 7) is 1.05. The van der Waals surface area contributed by atoms with Gasteiger partial charge in [-0.1, -0.05) is 90.7 Å². The molecule has 5 aliphatic rings. The number of esters is 1. The maximum absolute atomic E-state index is 16.8. The Morgan fingerprint density at radius 2 is 1.47 bits per heavy atom. The maximum atomic E-state index is 16.8. The zero-order chi connectivity index (χ0) is 53.2. The molecule has 0 saturated carbocycles. The summed E-state index contributed by atoms with van der Waals surface area (Å²) in [5.41, 5.74) is 1.64. The largest absolute Gasteiger partial charge is 0.491 e. The number of nitrogens with zero attached hydrogens (tertiary/aromatic N) is 5. The maximum Gasteiger partial charge on any atom is 0.421 e. The Morgan fingerprint density at radius 3 is 2.19 bits per heavy atom. The minimum Gasteiger partial charge on any atom is -0.491 e. The number of nitro benzene ring substituents is 1. The summed E-state index contributed by atoms with van der Waals surface area (Å²) in [6.07, 6.45) is -1.94. The molecule has 0 aliphatic carbocycles. The number of ether oxygens (including phenoxy) is 5. The lowest BCUT2D eigenvalue weighted by Gasteiger charge is -2.46. The number of imide groups is 1. The number of carbonyl (C=O) groups excluding carboxylic acids is 4. The number of aliphatic hydroxyl groups excluding tert-OH is 2. The van der Waals surface area contributed by atoms with E-state index in [2.05, 4.69) is 16.7 Å². The van der Waals surface area contributed by atoms with Crippen LogP contribution in [0.25, 0.3) is 0 Å². The zero-order valence-electron chi connectivity index (χ0n) is 41.6. The second-order valence-electron chi connectivity index (χ2n) is 19.3. The van der Waals surface area contributed by atoms with Crippen molar-refractivity contribution in [2.45, 2.75) is 49.2 Å². The molecule has 5 aliphatic heterocycles. The second kappa shape index (κ2) is 21.6. The number of benzene rings is 6. The number of anilines is 1. The minimum atomic E-state index is -2.13. The molecule has 3 saturated heterocycles. The van der Waals surface area contributed by atoms with Crippen LogP contribution in [0.15, 0.2) is 146 Å². The van der Waals surface area contributed by atoms with Crippen molar-refractivity contribution in [3.8, 4) is 29.1 Å². The van der Waals surface area contributed by atoms with Crippen LogP contribution >= 0.6 is 0 Å². The van der Waals surface area contributed by atoms with Crippen LogP contribution in [0.2, 0.25) is 0 Å². The van der Waals surface area contributed by atoms with Crippen LogP contribution in [0.1, 0.15) is 63.6 Å². The molecule has 18 nitrogen and oxygen atoms in total. The molecule has 18 heteroatoms. The molecule has 0 radical (unpaired) electrons. The van der Waals surface area contributed by atoms with Gasteiger partial charge in [-0.15, -0.1) is 0 Å². The zero-order valence-corrected chi connectivity index (χ0v) is 41.6. The van der Waals surface area contributed by atoms with Crippen molar-refractivity contribution in [3.05, 3.63) is 195 Å². The first kappa shape index (κ1) is 50.6. The number of nitro groups is 1. The lowest BCUT2D eigenvalue weighted by Crippen LogP contribution is -2.59. The Bertz CT molecular complexity index is 3290. The summed E-state index contributed by atoms with van der Waals surface area (Å²) in [4.78, 5) is 81.6. The Balaban J connectivity index is 1.10. The van der Waals surface area contributed by atoms with E-state index in [1.165, 1.54) is 24.3 Å². The molecule has 0 aromatic heterocycles. The smallest absolute Gasteiger partial charge is 0.421 e. The van der Waals surface area contributed by atoms with Gasteiger partial charge in [-0.2, -0.15) is 0 Å². The average Bonchev–Trinajstić information content (AvgIpc) is 4.25. The van der Waals surface area contributed by atoms with Gasteiger partial charge in [-0.25, -0.2) is 9.69 Å². The average molecular weight is 1040 g/mol. The van der Waals surface area contributed by atoms with Crippen molar-refractivity contribution >= 4 is 35.3 Å². The number of fused-ring (bicyclic) bond motifs is 4. The van der Waals surface area contributed by atoms with Gasteiger partial charge < -0.3 is 38.8 Å². The summed E-state index contributed by atoms with van der Waals surface area (Å²) >= 11 is 0. The van der Waals surface area contributed by atoms with Crippen molar-refractivity contribution in [3.63, 3.8) is 0 Å². The number of rotatable bonds is 13. The van der Waals surface area contributed by atoms with Gasteiger partial charge in [-0.3, -0.25) is 34.3 Å². The van der Waals surface area contributed by atoms with Crippen molar-refractivity contribution in [2.75, 3.05) is 57.7 Å². The Kier molecular flexibility index (Phi) is 14.2. The van der Waals surface area contributed by atoms with Gasteiger partial charge in [0.05, 0.1) is 41.8 Å². The van der Waals surface area contributed by atoms with Gasteiger partial charge in [0.15, 0.2) is 11.5 Å². The molecule has 2 N–H and O–H groups in total. The molecule has 77 heavy (non-hydrogen) atoms. The molecule has 0 unspecified atom stereocenters. The highest BCUT2D eigenvalue weighted by Gasteiger charge is 2.76. The highest BCUT2D eigenvalue weighted by Crippen LogP contribution is 2.66. The fourth-order valence-corrected chi connectivity index (χ4v) is 11.6. The fraction of sp³-hybridized carbons (Fsp3) is 0.288. The van der Waals surface area contributed by atoms with E-state index in [0.29, 0.717) is 64.7 Å². The third-order valence-corrected chi connectivity index (χ3v) is 14.9. The van der Waals surface area contributed by atoms with E-state index >= 15 is 19.2 Å². The number of piperazine rings is 1. The number of hydrogen-bond acceptors (Lipinski definition) is 15. The third kappa shape index (κ3) is 9.37. The van der Waals surface area contributed by atoms with Gasteiger partial charge in [0, 0.05) is 56.8 Å². The predicted octanol–water partition coefficient (Wildman–Crippen LogP) is 6.78. The van der Waals surface area contributed by atoms with Crippen molar-refractivity contribution < 1.29 is 58.0 Å². The standard InChI is InChI=1S/C59H53N5O13/c65-29-8-7-10-38-19-23-47-46(32-38)59(57(69)62(47)58(70)74-36-39-17-21-44(22-18-39)64(71)72)50(55(67)61-27-25-60(26-28-61)35-40-20-24-48-49(33-40)76-37-75-48)52-56(68)77-53(42-13-5-2-6-14-42)51(41-11-3-1-4-12-41)63(52)54(59)43-15-9-16-45(34-43)73-31-30-66/h1-6,9,11-24,32-34,50-54,65-66H,8,25-31,35-37H2/t50-,51-,52-,53+,54+,59-/m0/s1. The molecular weight excluding hydrogens is 987 g/mol. The lowest BCUT2D eigenvalue weighted by atomic mass is 9.64. The normalized spacial score (nSPS) is 22.4. The second-order valence-corrected chi connectivity index (χ2v) is 19.3. The first-order valence-corrected chi connectivity index (χ1v) is 25.4. The molecule has 0 bridgehead atoms. The van der Waals surface area contributed by atoms with E-state index in [1.807, 2.05) is 83.8 Å². The summed E-state index contributed by atoms with van der Waals surface area (Å²) < 4.78 is 29.8. The molecular formula is C59H53N5O13. The van der Waals surface area contributed by atoms with Crippen LogP contribution in [0.4, 0.5) is 16.2 Å². The van der Waals surface area contributed by atoms with Gasteiger partial charge in [0.1, 0.15) is 36.5 Å². The molecule has 1 spiro atoms. The number of carbonyl (C=O) groups is 4. The molecule has 6 aromatic carbocycles. The summed E-state index contributed by atoms with van der Waals surface area (Å²) in [6, 6.07) is 38.3. The number of hydrogen-bond donors (Lipinski definition) is 2. The summed E-state index contributed by atoms with van der Waals surface area (Å²) in [5.74, 6) is 4.04. The Hall–Kier alpha value is -8.60. The van der Waals surface area contributed by atoms with Crippen molar-refractivity contribution in [2.24, 2.45) is 5.92 Å². The monoisotopic (exact) mass is 1040 g/mol. The van der Waals surface area contributed by atoms with Gasteiger partial charge in [0.25, 0.3) is 5.69 Å². The highest BCUT2D eigenvalue weighted by atomic mass is 16.7. The number of aliphatic hydroxyl groups is 2. The molecule has 6 atom stereocenters. The molecule has 3 fully saturated rings. The first-order valence-electron chi connectivity index (χ1n) is 25.4. The molecule has 6 aromatic rings. The molecule has 5 heterocycles. The van der Waals surface area contributed by atoms with Crippen LogP contribution in [0.3, 0.4) is 0 Å². The number of cyclic esters (lactones) is 1. The van der Waals surface area contributed by atoms with Crippen LogP contribution in [0.5, 0.6) is 17.2 Å². The van der Waals surface area contributed by atoms with Gasteiger partial charge >= 0.3 is 12.1 Å². The van der Waals surface area contributed by atoms with E-state index in [4.69, 9.17) is 23.7 Å². The van der Waals surface area contributed by atoms with Gasteiger partial charge in [-0.05, 0) is 88.0 Å². The Morgan fingerprint density at radius 1 is 0.753 bits per heavy atom. The first-order chi connectivity index (χ1) is 37.6. The highest BCUT2D eigenvalue weighted by molar-refractivity contribution is 6.23. The van der Waals surface area contributed by atoms with Crippen LogP contribution in [-0.4, -0.2) is 113 Å². The summed E-state index contributed by atoms with van der Waals surface area (Å²) in [5, 5.41) is 31.1. The van der Waals surface area contributed by atoms with E-state index in [9.17, 15) is 20.3 Å². The molecule has 392 valence electrons. The van der Waals surface area contributed by atoms with Crippen molar-refractivity contribution in [1.82, 2.24) is 14.7 Å². The fourth-order valence-electron chi connectivity index (χ4n) is 11.6. The Labute approximate surface area is 443 Å². The van der Waals surface area contributed by atoms with E-state index in [-0.39, 0.29) is 69.7 Å². The number of amides is 3. The van der Waals surface area contributed by atoms with Crippen LogP contribution < -0.4 is 19.1 Å².